The summed E-state index contributed by atoms with van der Waals surface area (Å²) in [4.78, 5) is 29.1. The van der Waals surface area contributed by atoms with Crippen molar-refractivity contribution in [2.75, 3.05) is 7.11 Å². The van der Waals surface area contributed by atoms with Gasteiger partial charge in [0.15, 0.2) is 0 Å². The molecule has 0 spiro atoms. The molecule has 0 unspecified atom stereocenters. The van der Waals surface area contributed by atoms with Crippen molar-refractivity contribution >= 4 is 23.2 Å². The molecule has 1 heterocycles. The highest BCUT2D eigenvalue weighted by molar-refractivity contribution is 7.09. The summed E-state index contributed by atoms with van der Waals surface area (Å²) in [5, 5.41) is 5.12. The van der Waals surface area contributed by atoms with Crippen molar-refractivity contribution in [3.63, 3.8) is 0 Å². The lowest BCUT2D eigenvalue weighted by Gasteiger charge is -2.19. The minimum Gasteiger partial charge on any atom is -0.459 e. The minimum atomic E-state index is -0.709. The van der Waals surface area contributed by atoms with Crippen LogP contribution in [0.4, 0.5) is 0 Å². The largest absolute Gasteiger partial charge is 0.459 e. The van der Waals surface area contributed by atoms with Crippen molar-refractivity contribution in [1.82, 2.24) is 10.3 Å². The molecule has 1 N–H and O–H groups in total. The van der Waals surface area contributed by atoms with Crippen LogP contribution in [0.5, 0.6) is 0 Å². The van der Waals surface area contributed by atoms with Crippen molar-refractivity contribution in [3.8, 4) is 0 Å². The average Bonchev–Trinajstić information content (AvgIpc) is 3.09. The van der Waals surface area contributed by atoms with Gasteiger partial charge in [0.1, 0.15) is 23.4 Å². The Morgan fingerprint density at radius 3 is 2.58 bits per heavy atom. The highest BCUT2D eigenvalue weighted by Crippen LogP contribution is 2.13. The monoisotopic (exact) mass is 376 g/mol. The first-order chi connectivity index (χ1) is 12.5. The van der Waals surface area contributed by atoms with Gasteiger partial charge >= 0.3 is 5.97 Å². The predicted octanol–water partition coefficient (Wildman–Crippen LogP) is 3.18. The molecule has 0 fully saturated rings. The van der Waals surface area contributed by atoms with Gasteiger partial charge in [0.25, 0.3) is 5.91 Å². The molecule has 140 valence electrons. The van der Waals surface area contributed by atoms with E-state index in [0.717, 1.165) is 5.56 Å². The van der Waals surface area contributed by atoms with Crippen LogP contribution in [0.1, 0.15) is 41.3 Å². The molecule has 0 aliphatic heterocycles. The van der Waals surface area contributed by atoms with Crippen molar-refractivity contribution in [2.24, 2.45) is 5.92 Å². The topological polar surface area (TPSA) is 77.5 Å². The third-order valence-electron chi connectivity index (χ3n) is 3.57. The zero-order valence-electron chi connectivity index (χ0n) is 15.2. The Kier molecular flexibility index (Phi) is 7.74. The molecular weight excluding hydrogens is 352 g/mol. The Labute approximate surface area is 157 Å². The third kappa shape index (κ3) is 6.24. The van der Waals surface area contributed by atoms with E-state index >= 15 is 0 Å². The molecule has 7 heteroatoms. The van der Waals surface area contributed by atoms with Crippen LogP contribution >= 0.6 is 11.3 Å². The molecule has 1 aromatic carbocycles. The van der Waals surface area contributed by atoms with Gasteiger partial charge in [-0.2, -0.15) is 0 Å². The maximum absolute atomic E-state index is 12.5. The van der Waals surface area contributed by atoms with Gasteiger partial charge < -0.3 is 14.8 Å². The molecule has 1 aromatic heterocycles. The molecule has 0 saturated heterocycles. The van der Waals surface area contributed by atoms with Gasteiger partial charge in [-0.1, -0.05) is 44.2 Å². The van der Waals surface area contributed by atoms with E-state index in [-0.39, 0.29) is 24.1 Å². The van der Waals surface area contributed by atoms with Crippen LogP contribution in [-0.2, 0) is 27.5 Å². The predicted molar refractivity (Wildman–Crippen MR) is 99.8 cm³/mol. The number of hydrogen-bond donors (Lipinski definition) is 1. The van der Waals surface area contributed by atoms with Gasteiger partial charge in [-0.15, -0.1) is 11.3 Å². The number of rotatable bonds is 9. The number of esters is 1. The summed E-state index contributed by atoms with van der Waals surface area (Å²) in [7, 11) is 1.57. The number of carbonyl (C=O) groups is 2. The number of methoxy groups -OCH3 is 1. The molecule has 0 saturated carbocycles. The van der Waals surface area contributed by atoms with Gasteiger partial charge in [0, 0.05) is 12.5 Å². The fourth-order valence-electron chi connectivity index (χ4n) is 2.35. The Balaban J connectivity index is 1.98. The number of aromatic nitrogens is 1. The van der Waals surface area contributed by atoms with E-state index < -0.39 is 12.0 Å². The lowest BCUT2D eigenvalue weighted by atomic mass is 10.0. The second-order valence-corrected chi connectivity index (χ2v) is 7.25. The zero-order valence-corrected chi connectivity index (χ0v) is 16.0. The number of benzene rings is 1. The van der Waals surface area contributed by atoms with E-state index in [1.165, 1.54) is 11.3 Å². The molecule has 1 amide bonds. The van der Waals surface area contributed by atoms with Crippen LogP contribution in [0.15, 0.2) is 35.7 Å². The van der Waals surface area contributed by atoms with Crippen LogP contribution in [0, 0.1) is 5.92 Å². The fourth-order valence-corrected chi connectivity index (χ4v) is 3.10. The molecule has 2 rings (SSSR count). The van der Waals surface area contributed by atoms with Crippen LogP contribution in [0.3, 0.4) is 0 Å². The third-order valence-corrected chi connectivity index (χ3v) is 4.40. The molecular formula is C19H24N2O4S. The Bertz CT molecular complexity index is 715. The molecule has 0 bridgehead atoms. The Morgan fingerprint density at radius 2 is 1.92 bits per heavy atom. The standard InChI is InChI=1S/C19H24N2O4S/c1-13(2)9-15(19(23)25-10-14-7-5-4-6-8-14)21-18(22)16-12-26-17(20-16)11-24-3/h4-8,12-13,15H,9-11H2,1-3H3,(H,21,22)/t15-/m0/s1. The van der Waals surface area contributed by atoms with Crippen molar-refractivity contribution < 1.29 is 19.1 Å². The van der Waals surface area contributed by atoms with Crippen molar-refractivity contribution in [1.29, 1.82) is 0 Å². The van der Waals surface area contributed by atoms with Gasteiger partial charge in [-0.25, -0.2) is 9.78 Å². The first-order valence-corrected chi connectivity index (χ1v) is 9.32. The van der Waals surface area contributed by atoms with E-state index in [4.69, 9.17) is 9.47 Å². The molecule has 26 heavy (non-hydrogen) atoms. The quantitative estimate of drug-likeness (QED) is 0.680. The van der Waals surface area contributed by atoms with Gasteiger partial charge in [-0.3, -0.25) is 4.79 Å². The molecule has 6 nitrogen and oxygen atoms in total. The number of ether oxygens (including phenoxy) is 2. The maximum Gasteiger partial charge on any atom is 0.328 e. The summed E-state index contributed by atoms with van der Waals surface area (Å²) in [5.74, 6) is -0.599. The van der Waals surface area contributed by atoms with Crippen molar-refractivity contribution in [3.05, 3.63) is 52.0 Å². The number of carbonyl (C=O) groups excluding carboxylic acids is 2. The van der Waals surface area contributed by atoms with E-state index in [1.807, 2.05) is 44.2 Å². The summed E-state index contributed by atoms with van der Waals surface area (Å²) in [6, 6.07) is 8.73. The summed E-state index contributed by atoms with van der Waals surface area (Å²) >= 11 is 1.35. The normalized spacial score (nSPS) is 12.0. The minimum absolute atomic E-state index is 0.179. The van der Waals surface area contributed by atoms with Gasteiger partial charge in [0.05, 0.1) is 6.61 Å². The number of nitrogens with zero attached hydrogens (tertiary/aromatic N) is 1. The SMILES string of the molecule is COCc1nc(C(=O)N[C@@H](CC(C)C)C(=O)OCc2ccccc2)cs1. The van der Waals surface area contributed by atoms with E-state index in [2.05, 4.69) is 10.3 Å². The summed E-state index contributed by atoms with van der Waals surface area (Å²) < 4.78 is 10.4. The van der Waals surface area contributed by atoms with E-state index in [0.29, 0.717) is 18.0 Å². The lowest BCUT2D eigenvalue weighted by Crippen LogP contribution is -2.42. The second-order valence-electron chi connectivity index (χ2n) is 6.31. The number of nitrogens with one attached hydrogen (secondary N) is 1. The number of thiazole rings is 1. The van der Waals surface area contributed by atoms with Crippen LogP contribution in [0.25, 0.3) is 0 Å². The molecule has 1 atom stereocenters. The van der Waals surface area contributed by atoms with Crippen LogP contribution in [-0.4, -0.2) is 30.0 Å². The van der Waals surface area contributed by atoms with Gasteiger partial charge in [-0.05, 0) is 17.9 Å². The second kappa shape index (κ2) is 10.0. The van der Waals surface area contributed by atoms with Crippen LogP contribution in [0.2, 0.25) is 0 Å². The average molecular weight is 376 g/mol. The smallest absolute Gasteiger partial charge is 0.328 e. The molecule has 0 aliphatic rings. The molecule has 2 aromatic rings. The Morgan fingerprint density at radius 1 is 1.19 bits per heavy atom. The highest BCUT2D eigenvalue weighted by Gasteiger charge is 2.25. The molecule has 0 aliphatic carbocycles. The summed E-state index contributed by atoms with van der Waals surface area (Å²) in [6.45, 7) is 4.51. The Hall–Kier alpha value is -2.25. The van der Waals surface area contributed by atoms with E-state index in [9.17, 15) is 9.59 Å². The van der Waals surface area contributed by atoms with Gasteiger partial charge in [0.2, 0.25) is 0 Å². The van der Waals surface area contributed by atoms with Crippen LogP contribution < -0.4 is 5.32 Å². The van der Waals surface area contributed by atoms with E-state index in [1.54, 1.807) is 12.5 Å². The van der Waals surface area contributed by atoms with Crippen molar-refractivity contribution in [2.45, 2.75) is 39.5 Å². The highest BCUT2D eigenvalue weighted by atomic mass is 32.1. The maximum atomic E-state index is 12.5. The zero-order chi connectivity index (χ0) is 18.9. The lowest BCUT2D eigenvalue weighted by molar-refractivity contribution is -0.147. The molecule has 0 radical (unpaired) electrons. The fraction of sp³-hybridized carbons (Fsp3) is 0.421. The first-order valence-electron chi connectivity index (χ1n) is 8.44. The summed E-state index contributed by atoms with van der Waals surface area (Å²) in [5.41, 5.74) is 1.19. The number of amides is 1. The first kappa shape index (κ1) is 20.1. The summed E-state index contributed by atoms with van der Waals surface area (Å²) in [6.07, 6.45) is 0.494. The number of hydrogen-bond acceptors (Lipinski definition) is 6.